The van der Waals surface area contributed by atoms with Gasteiger partial charge < -0.3 is 10.4 Å². The Morgan fingerprint density at radius 2 is 1.62 bits per heavy atom. The van der Waals surface area contributed by atoms with Crippen molar-refractivity contribution >= 4 is 68.1 Å². The molecule has 3 amide bonds. The quantitative estimate of drug-likeness (QED) is 0.310. The summed E-state index contributed by atoms with van der Waals surface area (Å²) < 4.78 is 2.20. The summed E-state index contributed by atoms with van der Waals surface area (Å²) in [6.45, 7) is -0.231. The van der Waals surface area contributed by atoms with Crippen molar-refractivity contribution in [2.24, 2.45) is 5.92 Å². The van der Waals surface area contributed by atoms with Crippen LogP contribution in [0.5, 0.6) is 5.75 Å². The summed E-state index contributed by atoms with van der Waals surface area (Å²) in [5.41, 5.74) is 1.77. The van der Waals surface area contributed by atoms with Gasteiger partial charge in [-0.1, -0.05) is 69.4 Å². The third kappa shape index (κ3) is 4.60. The molecule has 4 aromatic rings. The van der Waals surface area contributed by atoms with Gasteiger partial charge in [-0.2, -0.15) is 0 Å². The van der Waals surface area contributed by atoms with Crippen molar-refractivity contribution in [3.63, 3.8) is 0 Å². The highest BCUT2D eigenvalue weighted by atomic mass is 79.9. The molecule has 1 aromatic heterocycles. The number of hydrogen-bond donors (Lipinski definition) is 2. The fourth-order valence-electron chi connectivity index (χ4n) is 5.01. The molecule has 3 heterocycles. The molecule has 39 heavy (non-hydrogen) atoms. The smallest absolute Gasteiger partial charge is 0.308 e. The number of anilines is 2. The SMILES string of the molecule is O=C(Cn1c2c(sc1=O)C(c1ccc(O)cc1)C1C(=O)N(c3ccc(Br)cc3)C(=O)C1S2)Nc1ccccc1. The molecule has 2 N–H and O–H groups in total. The zero-order valence-corrected chi connectivity index (χ0v) is 23.3. The lowest BCUT2D eigenvalue weighted by atomic mass is 9.83. The lowest BCUT2D eigenvalue weighted by molar-refractivity contribution is -0.122. The number of aromatic hydroxyl groups is 1. The van der Waals surface area contributed by atoms with Crippen LogP contribution >= 0.6 is 39.0 Å². The van der Waals surface area contributed by atoms with Gasteiger partial charge in [-0.25, -0.2) is 4.90 Å². The highest BCUT2D eigenvalue weighted by Gasteiger charge is 2.56. The van der Waals surface area contributed by atoms with E-state index in [4.69, 9.17) is 0 Å². The fourth-order valence-corrected chi connectivity index (χ4v) is 8.04. The van der Waals surface area contributed by atoms with Crippen molar-refractivity contribution < 1.29 is 19.5 Å². The standard InChI is InChI=1S/C28H20BrN3O5S2/c29-16-8-10-18(11-9-16)32-25(35)22-21(15-6-12-19(33)13-7-15)24-27(38-23(22)26(32)36)31(28(37)39-24)14-20(34)30-17-4-2-1-3-5-17/h1-13,21-23,33H,14H2,(H,30,34). The molecule has 0 radical (unpaired) electrons. The number of nitrogens with zero attached hydrogens (tertiary/aromatic N) is 2. The first-order valence-electron chi connectivity index (χ1n) is 12.0. The third-order valence-corrected chi connectivity index (χ3v) is 9.88. The van der Waals surface area contributed by atoms with Gasteiger partial charge >= 0.3 is 4.87 Å². The third-order valence-electron chi connectivity index (χ3n) is 6.75. The minimum atomic E-state index is -0.787. The first-order chi connectivity index (χ1) is 18.8. The van der Waals surface area contributed by atoms with Gasteiger partial charge in [0.1, 0.15) is 17.5 Å². The van der Waals surface area contributed by atoms with E-state index in [9.17, 15) is 24.3 Å². The van der Waals surface area contributed by atoms with Crippen molar-refractivity contribution in [3.8, 4) is 5.75 Å². The van der Waals surface area contributed by atoms with Crippen LogP contribution in [0.25, 0.3) is 0 Å². The highest BCUT2D eigenvalue weighted by molar-refractivity contribution is 9.10. The Bertz CT molecular complexity index is 1650. The zero-order chi connectivity index (χ0) is 27.3. The van der Waals surface area contributed by atoms with E-state index >= 15 is 0 Å². The number of thiazole rings is 1. The molecule has 3 aromatic carbocycles. The van der Waals surface area contributed by atoms with Gasteiger partial charge in [-0.05, 0) is 54.1 Å². The number of imide groups is 1. The van der Waals surface area contributed by atoms with Gasteiger partial charge in [-0.3, -0.25) is 23.7 Å². The molecule has 8 nitrogen and oxygen atoms in total. The number of phenolic OH excluding ortho intramolecular Hbond substituents is 1. The Balaban J connectivity index is 1.42. The van der Waals surface area contributed by atoms with Gasteiger partial charge in [-0.15, -0.1) is 0 Å². The van der Waals surface area contributed by atoms with Gasteiger partial charge in [0.05, 0.1) is 16.6 Å². The molecule has 2 aliphatic rings. The van der Waals surface area contributed by atoms with E-state index in [0.29, 0.717) is 26.8 Å². The maximum absolute atomic E-state index is 13.9. The maximum Gasteiger partial charge on any atom is 0.308 e. The second-order valence-electron chi connectivity index (χ2n) is 9.16. The summed E-state index contributed by atoms with van der Waals surface area (Å²) in [5.74, 6) is -2.39. The molecule has 2 aliphatic heterocycles. The Labute approximate surface area is 239 Å². The number of carbonyl (C=O) groups is 3. The van der Waals surface area contributed by atoms with Gasteiger partial charge in [0.15, 0.2) is 0 Å². The van der Waals surface area contributed by atoms with Crippen LogP contribution in [0.2, 0.25) is 0 Å². The van der Waals surface area contributed by atoms with Crippen molar-refractivity contribution in [1.82, 2.24) is 4.57 Å². The van der Waals surface area contributed by atoms with E-state index in [0.717, 1.165) is 27.6 Å². The number of phenols is 1. The Morgan fingerprint density at radius 3 is 2.31 bits per heavy atom. The number of thioether (sulfide) groups is 1. The minimum absolute atomic E-state index is 0.0642. The molecule has 0 saturated carbocycles. The van der Waals surface area contributed by atoms with E-state index in [-0.39, 0.29) is 34.9 Å². The van der Waals surface area contributed by atoms with Crippen LogP contribution in [0.15, 0.2) is 93.2 Å². The summed E-state index contributed by atoms with van der Waals surface area (Å²) in [6.07, 6.45) is 0. The Kier molecular flexibility index (Phi) is 6.66. The predicted octanol–water partition coefficient (Wildman–Crippen LogP) is 4.81. The summed E-state index contributed by atoms with van der Waals surface area (Å²) >= 11 is 5.52. The molecular weight excluding hydrogens is 602 g/mol. The largest absolute Gasteiger partial charge is 0.508 e. The molecule has 11 heteroatoms. The van der Waals surface area contributed by atoms with Gasteiger partial charge in [0.2, 0.25) is 17.7 Å². The first kappa shape index (κ1) is 25.6. The summed E-state index contributed by atoms with van der Waals surface area (Å²) in [6, 6.07) is 22.3. The van der Waals surface area contributed by atoms with E-state index in [1.54, 1.807) is 60.7 Å². The average molecular weight is 623 g/mol. The van der Waals surface area contributed by atoms with Crippen LogP contribution in [0.4, 0.5) is 11.4 Å². The average Bonchev–Trinajstić information content (AvgIpc) is 3.36. The molecule has 0 spiro atoms. The van der Waals surface area contributed by atoms with E-state index in [2.05, 4.69) is 21.2 Å². The van der Waals surface area contributed by atoms with Crippen LogP contribution in [0, 0.1) is 5.92 Å². The normalized spacial score (nSPS) is 20.0. The number of aromatic nitrogens is 1. The van der Waals surface area contributed by atoms with Crippen LogP contribution in [-0.2, 0) is 20.9 Å². The Morgan fingerprint density at radius 1 is 0.923 bits per heavy atom. The molecule has 0 bridgehead atoms. The second kappa shape index (κ2) is 10.1. The minimum Gasteiger partial charge on any atom is -0.508 e. The molecule has 6 rings (SSSR count). The number of rotatable bonds is 5. The number of halogens is 1. The lowest BCUT2D eigenvalue weighted by Crippen LogP contribution is -2.33. The maximum atomic E-state index is 13.9. The number of fused-ring (bicyclic) bond motifs is 2. The summed E-state index contributed by atoms with van der Waals surface area (Å²) in [7, 11) is 0. The topological polar surface area (TPSA) is 109 Å². The fraction of sp³-hybridized carbons (Fsp3) is 0.143. The number of carbonyl (C=O) groups excluding carboxylic acids is 3. The first-order valence-corrected chi connectivity index (χ1v) is 14.5. The predicted molar refractivity (Wildman–Crippen MR) is 153 cm³/mol. The number of amides is 3. The van der Waals surface area contributed by atoms with Crippen molar-refractivity contribution in [2.75, 3.05) is 10.2 Å². The van der Waals surface area contributed by atoms with Crippen LogP contribution < -0.4 is 15.1 Å². The van der Waals surface area contributed by atoms with Crippen LogP contribution in [-0.4, -0.2) is 32.6 Å². The zero-order valence-electron chi connectivity index (χ0n) is 20.1. The highest BCUT2D eigenvalue weighted by Crippen LogP contribution is 2.54. The number of para-hydroxylation sites is 1. The molecule has 0 aliphatic carbocycles. The second-order valence-corrected chi connectivity index (χ2v) is 12.2. The van der Waals surface area contributed by atoms with Crippen LogP contribution in [0.1, 0.15) is 16.4 Å². The molecule has 3 unspecified atom stereocenters. The molecule has 1 fully saturated rings. The molecule has 196 valence electrons. The number of hydrogen-bond acceptors (Lipinski definition) is 7. The van der Waals surface area contributed by atoms with Gasteiger partial charge in [0, 0.05) is 21.0 Å². The van der Waals surface area contributed by atoms with Crippen molar-refractivity contribution in [2.45, 2.75) is 22.7 Å². The lowest BCUT2D eigenvalue weighted by Gasteiger charge is -2.30. The monoisotopic (exact) mass is 621 g/mol. The van der Waals surface area contributed by atoms with E-state index in [1.807, 2.05) is 6.07 Å². The summed E-state index contributed by atoms with van der Waals surface area (Å²) in [4.78, 5) is 55.1. The Hall–Kier alpha value is -3.67. The van der Waals surface area contributed by atoms with E-state index in [1.165, 1.54) is 21.6 Å². The summed E-state index contributed by atoms with van der Waals surface area (Å²) in [5, 5.41) is 12.4. The van der Waals surface area contributed by atoms with E-state index < -0.39 is 17.1 Å². The molecule has 1 saturated heterocycles. The van der Waals surface area contributed by atoms with Crippen molar-refractivity contribution in [3.05, 3.63) is 103 Å². The number of nitrogens with one attached hydrogen (secondary N) is 1. The molecular formula is C28H20BrN3O5S2. The van der Waals surface area contributed by atoms with Crippen molar-refractivity contribution in [1.29, 1.82) is 0 Å². The molecule has 3 atom stereocenters. The van der Waals surface area contributed by atoms with Crippen LogP contribution in [0.3, 0.4) is 0 Å². The van der Waals surface area contributed by atoms with Gasteiger partial charge in [0.25, 0.3) is 0 Å². The number of benzene rings is 3.